The molecule has 4 aromatic rings. The van der Waals surface area contributed by atoms with Crippen LogP contribution in [0.25, 0.3) is 22.0 Å². The number of thioether (sulfide) groups is 1. The van der Waals surface area contributed by atoms with Crippen LogP contribution in [0, 0.1) is 22.7 Å². The number of esters is 3. The zero-order valence-corrected chi connectivity index (χ0v) is 28.8. The van der Waals surface area contributed by atoms with Crippen molar-refractivity contribution in [2.24, 2.45) is 0 Å². The maximum Gasteiger partial charge on any atom is 0.303 e. The molecule has 5 atom stereocenters. The lowest BCUT2D eigenvalue weighted by Gasteiger charge is -2.44. The van der Waals surface area contributed by atoms with E-state index in [1.54, 1.807) is 18.2 Å². The van der Waals surface area contributed by atoms with Crippen molar-refractivity contribution >= 4 is 56.0 Å². The van der Waals surface area contributed by atoms with Gasteiger partial charge in [0.1, 0.15) is 30.1 Å². The molecule has 50 heavy (non-hydrogen) atoms. The summed E-state index contributed by atoms with van der Waals surface area (Å²) >= 11 is 0.720. The summed E-state index contributed by atoms with van der Waals surface area (Å²) in [5.74, 6) is -7.19. The average molecular weight is 737 g/mol. The van der Waals surface area contributed by atoms with Crippen molar-refractivity contribution in [2.45, 2.75) is 53.7 Å². The summed E-state index contributed by atoms with van der Waals surface area (Å²) in [6.45, 7) is 2.78. The summed E-state index contributed by atoms with van der Waals surface area (Å²) < 4.78 is 86.1. The number of hydrogen-bond acceptors (Lipinski definition) is 12. The highest BCUT2D eigenvalue weighted by Gasteiger charge is 2.55. The van der Waals surface area contributed by atoms with Crippen molar-refractivity contribution in [2.75, 3.05) is 20.7 Å². The molecule has 1 aliphatic rings. The molecule has 0 radical (unpaired) electrons. The van der Waals surface area contributed by atoms with Gasteiger partial charge in [0.05, 0.1) is 30.4 Å². The first-order valence-electron chi connectivity index (χ1n) is 14.9. The molecule has 18 heteroatoms. The lowest BCUT2D eigenvalue weighted by molar-refractivity contribution is -0.159. The van der Waals surface area contributed by atoms with Gasteiger partial charge in [-0.25, -0.2) is 26.3 Å². The Bertz CT molecular complexity index is 2070. The smallest absolute Gasteiger partial charge is 0.303 e. The number of sulfone groups is 1. The van der Waals surface area contributed by atoms with Gasteiger partial charge in [-0.05, 0) is 35.7 Å². The number of carbonyl (C=O) groups is 3. The first kappa shape index (κ1) is 36.8. The number of nitrogens with zero attached hydrogens (tertiary/aromatic N) is 4. The number of ether oxygens (including phenoxy) is 3. The number of hydroxylamine groups is 2. The highest BCUT2D eigenvalue weighted by Crippen LogP contribution is 2.46. The van der Waals surface area contributed by atoms with Gasteiger partial charge in [0, 0.05) is 37.8 Å². The summed E-state index contributed by atoms with van der Waals surface area (Å²) in [5.41, 5.74) is -0.0444. The fourth-order valence-corrected chi connectivity index (χ4v) is 9.68. The summed E-state index contributed by atoms with van der Waals surface area (Å²) in [6, 6.07) is 8.91. The van der Waals surface area contributed by atoms with Crippen molar-refractivity contribution in [3.63, 3.8) is 0 Å². The van der Waals surface area contributed by atoms with E-state index in [0.29, 0.717) is 28.6 Å². The Morgan fingerprint density at radius 2 is 1.58 bits per heavy atom. The molecule has 13 nitrogen and oxygen atoms in total. The van der Waals surface area contributed by atoms with Crippen LogP contribution < -0.4 is 4.65 Å². The molecule has 0 saturated carbocycles. The molecule has 1 aliphatic heterocycles. The van der Waals surface area contributed by atoms with Crippen molar-refractivity contribution < 1.29 is 50.2 Å². The second-order valence-corrected chi connectivity index (χ2v) is 15.6. The Labute approximate surface area is 288 Å². The molecule has 0 amide bonds. The van der Waals surface area contributed by atoms with Crippen LogP contribution in [0.15, 0.2) is 59.6 Å². The van der Waals surface area contributed by atoms with E-state index in [1.165, 1.54) is 32.3 Å². The topological polar surface area (TPSA) is 167 Å². The van der Waals surface area contributed by atoms with Gasteiger partial charge < -0.3 is 24.1 Å². The number of fused-ring (bicyclic) bond motifs is 1. The van der Waals surface area contributed by atoms with E-state index >= 15 is 0 Å². The van der Waals surface area contributed by atoms with Crippen LogP contribution in [0.1, 0.15) is 26.8 Å². The number of rotatable bonds is 9. The molecule has 0 unspecified atom stereocenters. The van der Waals surface area contributed by atoms with Crippen LogP contribution in [0.4, 0.5) is 18.9 Å². The van der Waals surface area contributed by atoms with Gasteiger partial charge in [0.25, 0.3) is 0 Å². The zero-order valence-electron chi connectivity index (χ0n) is 27.2. The van der Waals surface area contributed by atoms with Crippen molar-refractivity contribution in [1.82, 2.24) is 19.6 Å². The second kappa shape index (κ2) is 14.0. The molecule has 5 rings (SSSR count). The number of quaternary nitrogens is 1. The van der Waals surface area contributed by atoms with E-state index in [0.717, 1.165) is 43.4 Å². The average Bonchev–Trinajstić information content (AvgIpc) is 3.51. The Kier molecular flexibility index (Phi) is 10.3. The van der Waals surface area contributed by atoms with Gasteiger partial charge in [-0.15, -0.1) is 16.9 Å². The number of aromatic nitrogens is 3. The quantitative estimate of drug-likeness (QED) is 0.0780. The SMILES string of the molecule is CC(=O)OC[C@H]1S[C@H](S(=O)(=O)c2ccc3c([N+](C)(C)[O-])cccc3c2)[C@H](OC(C)=O)[C@@H](n2cc(-c3cc(F)c(F)c(F)c3)nn2)[C@H]1OC(C)=O. The molecule has 0 aliphatic carbocycles. The minimum Gasteiger partial charge on any atom is -0.628 e. The third kappa shape index (κ3) is 7.47. The molecule has 1 fully saturated rings. The summed E-state index contributed by atoms with van der Waals surface area (Å²) in [6.07, 6.45) is -1.90. The van der Waals surface area contributed by atoms with Gasteiger partial charge in [-0.3, -0.25) is 14.4 Å². The standard InChI is InChI=1S/C32H31F3N4O9S2/c1-16(40)46-15-27-30(47-17(2)41)29(38-14-25(36-37-38)20-12-23(33)28(35)24(34)13-20)31(48-18(3)42)32(49-27)50(44,45)21-9-10-22-19(11-21)7-6-8-26(22)39(4,5)43/h6-14,27,29-32H,15H2,1-5H3/t27-,29+,30+,31-,32-/m1/s1. The molecule has 0 bridgehead atoms. The molecule has 0 N–H and O–H groups in total. The molecule has 1 aromatic heterocycles. The minimum atomic E-state index is -4.50. The lowest BCUT2D eigenvalue weighted by Crippen LogP contribution is -2.56. The molecule has 2 heterocycles. The van der Waals surface area contributed by atoms with Crippen LogP contribution >= 0.6 is 11.8 Å². The Balaban J connectivity index is 1.68. The van der Waals surface area contributed by atoms with Gasteiger partial charge in [-0.1, -0.05) is 17.3 Å². The van der Waals surface area contributed by atoms with Crippen LogP contribution in [0.3, 0.4) is 0 Å². The summed E-state index contributed by atoms with van der Waals surface area (Å²) in [7, 11) is -1.66. The predicted octanol–water partition coefficient (Wildman–Crippen LogP) is 4.46. The molecule has 266 valence electrons. The van der Waals surface area contributed by atoms with Gasteiger partial charge in [-0.2, -0.15) is 0 Å². The minimum absolute atomic E-state index is 0.190. The molecule has 1 saturated heterocycles. The molecular weight excluding hydrogens is 705 g/mol. The Morgan fingerprint density at radius 3 is 2.18 bits per heavy atom. The maximum atomic E-state index is 14.6. The third-order valence-electron chi connectivity index (χ3n) is 7.81. The first-order valence-corrected chi connectivity index (χ1v) is 17.4. The largest absolute Gasteiger partial charge is 0.628 e. The zero-order chi connectivity index (χ0) is 36.7. The third-order valence-corrected chi connectivity index (χ3v) is 12.0. The van der Waals surface area contributed by atoms with E-state index in [2.05, 4.69) is 10.3 Å². The maximum absolute atomic E-state index is 14.6. The fourth-order valence-electron chi connectivity index (χ4n) is 5.72. The molecular formula is C32H31F3N4O9S2. The summed E-state index contributed by atoms with van der Waals surface area (Å²) in [4.78, 5) is 36.6. The number of benzene rings is 3. The fraction of sp³-hybridized carbons (Fsp3) is 0.344. The van der Waals surface area contributed by atoms with E-state index in [9.17, 15) is 41.2 Å². The predicted molar refractivity (Wildman–Crippen MR) is 175 cm³/mol. The van der Waals surface area contributed by atoms with Crippen LogP contribution in [0.5, 0.6) is 0 Å². The lowest BCUT2D eigenvalue weighted by atomic mass is 10.0. The summed E-state index contributed by atoms with van der Waals surface area (Å²) in [5, 5.41) is 20.5. The number of halogens is 3. The molecule has 0 spiro atoms. The Morgan fingerprint density at radius 1 is 0.940 bits per heavy atom. The van der Waals surface area contributed by atoms with Crippen molar-refractivity contribution in [3.8, 4) is 11.3 Å². The van der Waals surface area contributed by atoms with E-state index in [-0.39, 0.29) is 16.2 Å². The highest BCUT2D eigenvalue weighted by molar-refractivity contribution is 8.14. The van der Waals surface area contributed by atoms with Crippen molar-refractivity contribution in [1.29, 1.82) is 0 Å². The second-order valence-electron chi connectivity index (χ2n) is 11.9. The van der Waals surface area contributed by atoms with Crippen LogP contribution in [-0.4, -0.2) is 84.1 Å². The van der Waals surface area contributed by atoms with E-state index < -0.39 is 84.5 Å². The van der Waals surface area contributed by atoms with Gasteiger partial charge >= 0.3 is 17.9 Å². The van der Waals surface area contributed by atoms with Crippen LogP contribution in [0.2, 0.25) is 0 Å². The molecule has 3 aromatic carbocycles. The highest BCUT2D eigenvalue weighted by atomic mass is 32.3. The first-order chi connectivity index (χ1) is 23.4. The van der Waals surface area contributed by atoms with Gasteiger partial charge in [0.15, 0.2) is 38.0 Å². The van der Waals surface area contributed by atoms with E-state index in [4.69, 9.17) is 14.2 Å². The normalized spacial score (nSPS) is 21.1. The van der Waals surface area contributed by atoms with Crippen LogP contribution in [-0.2, 0) is 38.4 Å². The number of hydrogen-bond donors (Lipinski definition) is 0. The number of carbonyl (C=O) groups excluding carboxylic acids is 3. The van der Waals surface area contributed by atoms with Gasteiger partial charge in [0.2, 0.25) is 0 Å². The Hall–Kier alpha value is -4.52. The monoisotopic (exact) mass is 736 g/mol. The van der Waals surface area contributed by atoms with E-state index in [1.807, 2.05) is 0 Å². The van der Waals surface area contributed by atoms with Crippen molar-refractivity contribution in [3.05, 3.63) is 77.4 Å².